The lowest BCUT2D eigenvalue weighted by Gasteiger charge is -2.11. The molecule has 0 spiro atoms. The SMILES string of the molecule is O=C(C=Cc1ccncc1)Nc1cc(Oc2ccccc2)ccc1C(=O)O. The van der Waals surface area contributed by atoms with Crippen molar-refractivity contribution < 1.29 is 19.4 Å². The van der Waals surface area contributed by atoms with E-state index in [0.717, 1.165) is 5.56 Å². The number of aromatic nitrogens is 1. The fourth-order valence-corrected chi connectivity index (χ4v) is 2.32. The van der Waals surface area contributed by atoms with Gasteiger partial charge in [0.1, 0.15) is 11.5 Å². The third-order valence-electron chi connectivity index (χ3n) is 3.59. The van der Waals surface area contributed by atoms with E-state index in [1.54, 1.807) is 48.8 Å². The third-order valence-corrected chi connectivity index (χ3v) is 3.59. The van der Waals surface area contributed by atoms with Gasteiger partial charge in [-0.15, -0.1) is 0 Å². The number of carboxylic acid groups (broad SMARTS) is 1. The number of anilines is 1. The highest BCUT2D eigenvalue weighted by Crippen LogP contribution is 2.27. The zero-order chi connectivity index (χ0) is 19.1. The quantitative estimate of drug-likeness (QED) is 0.643. The Morgan fingerprint density at radius 2 is 1.70 bits per heavy atom. The first-order valence-electron chi connectivity index (χ1n) is 8.11. The molecule has 27 heavy (non-hydrogen) atoms. The summed E-state index contributed by atoms with van der Waals surface area (Å²) in [6.45, 7) is 0. The Labute approximate surface area is 155 Å². The molecule has 0 atom stereocenters. The van der Waals surface area contributed by atoms with E-state index in [1.165, 1.54) is 18.2 Å². The summed E-state index contributed by atoms with van der Waals surface area (Å²) in [5, 5.41) is 11.9. The minimum absolute atomic E-state index is 0.0268. The van der Waals surface area contributed by atoms with Crippen molar-refractivity contribution in [3.8, 4) is 11.5 Å². The Morgan fingerprint density at radius 3 is 2.41 bits per heavy atom. The first kappa shape index (κ1) is 17.9. The maximum absolute atomic E-state index is 12.2. The highest BCUT2D eigenvalue weighted by molar-refractivity contribution is 6.06. The van der Waals surface area contributed by atoms with Crippen LogP contribution in [0.1, 0.15) is 15.9 Å². The lowest BCUT2D eigenvalue weighted by atomic mass is 10.1. The van der Waals surface area contributed by atoms with Gasteiger partial charge in [-0.2, -0.15) is 0 Å². The summed E-state index contributed by atoms with van der Waals surface area (Å²) in [7, 11) is 0. The zero-order valence-electron chi connectivity index (χ0n) is 14.2. The molecular formula is C21H16N2O4. The van der Waals surface area contributed by atoms with Crippen molar-refractivity contribution >= 4 is 23.6 Å². The summed E-state index contributed by atoms with van der Waals surface area (Å²) in [6.07, 6.45) is 6.17. The van der Waals surface area contributed by atoms with E-state index in [2.05, 4.69) is 10.3 Å². The first-order chi connectivity index (χ1) is 13.1. The van der Waals surface area contributed by atoms with Crippen molar-refractivity contribution in [3.05, 3.63) is 90.3 Å². The van der Waals surface area contributed by atoms with Crippen LogP contribution in [0.3, 0.4) is 0 Å². The number of ether oxygens (including phenoxy) is 1. The second kappa shape index (κ2) is 8.44. The van der Waals surface area contributed by atoms with Crippen LogP contribution in [0.15, 0.2) is 79.1 Å². The largest absolute Gasteiger partial charge is 0.478 e. The molecule has 0 saturated heterocycles. The summed E-state index contributed by atoms with van der Waals surface area (Å²) < 4.78 is 5.70. The zero-order valence-corrected chi connectivity index (χ0v) is 14.2. The van der Waals surface area contributed by atoms with Crippen molar-refractivity contribution in [3.63, 3.8) is 0 Å². The van der Waals surface area contributed by atoms with Crippen molar-refractivity contribution in [2.75, 3.05) is 5.32 Å². The fraction of sp³-hybridized carbons (Fsp3) is 0. The van der Waals surface area contributed by atoms with Gasteiger partial charge in [-0.25, -0.2) is 4.79 Å². The number of amides is 1. The van der Waals surface area contributed by atoms with Gasteiger partial charge in [0, 0.05) is 24.5 Å². The molecule has 0 unspecified atom stereocenters. The lowest BCUT2D eigenvalue weighted by molar-refractivity contribution is -0.111. The van der Waals surface area contributed by atoms with Crippen LogP contribution in [0.2, 0.25) is 0 Å². The number of nitrogens with one attached hydrogen (secondary N) is 1. The van der Waals surface area contributed by atoms with Crippen LogP contribution < -0.4 is 10.1 Å². The molecule has 2 N–H and O–H groups in total. The monoisotopic (exact) mass is 360 g/mol. The summed E-state index contributed by atoms with van der Waals surface area (Å²) in [4.78, 5) is 27.5. The highest BCUT2D eigenvalue weighted by Gasteiger charge is 2.13. The molecule has 0 aliphatic rings. The molecule has 0 saturated carbocycles. The number of benzene rings is 2. The Bertz CT molecular complexity index is 970. The Kier molecular flexibility index (Phi) is 5.59. The second-order valence-electron chi connectivity index (χ2n) is 5.53. The van der Waals surface area contributed by atoms with Gasteiger partial charge < -0.3 is 15.2 Å². The van der Waals surface area contributed by atoms with Crippen LogP contribution in [0.25, 0.3) is 6.08 Å². The van der Waals surface area contributed by atoms with Crippen molar-refractivity contribution in [2.45, 2.75) is 0 Å². The second-order valence-corrected chi connectivity index (χ2v) is 5.53. The molecular weight excluding hydrogens is 344 g/mol. The summed E-state index contributed by atoms with van der Waals surface area (Å²) in [5.41, 5.74) is 0.932. The lowest BCUT2D eigenvalue weighted by Crippen LogP contribution is -2.12. The van der Waals surface area contributed by atoms with Gasteiger partial charge >= 0.3 is 5.97 Å². The van der Waals surface area contributed by atoms with Crippen molar-refractivity contribution in [2.24, 2.45) is 0 Å². The van der Waals surface area contributed by atoms with Gasteiger partial charge in [-0.3, -0.25) is 9.78 Å². The molecule has 6 heteroatoms. The van der Waals surface area contributed by atoms with E-state index in [1.807, 2.05) is 18.2 Å². The minimum Gasteiger partial charge on any atom is -0.478 e. The summed E-state index contributed by atoms with van der Waals surface area (Å²) in [6, 6.07) is 17.0. The topological polar surface area (TPSA) is 88.5 Å². The molecule has 134 valence electrons. The summed E-state index contributed by atoms with van der Waals surface area (Å²) >= 11 is 0. The van der Waals surface area contributed by atoms with Gasteiger partial charge in [-0.05, 0) is 48.0 Å². The Balaban J connectivity index is 1.79. The Morgan fingerprint density at radius 1 is 0.963 bits per heavy atom. The molecule has 6 nitrogen and oxygen atoms in total. The van der Waals surface area contributed by atoms with E-state index in [4.69, 9.17) is 4.74 Å². The van der Waals surface area contributed by atoms with E-state index in [-0.39, 0.29) is 11.3 Å². The molecule has 0 aliphatic heterocycles. The van der Waals surface area contributed by atoms with Crippen LogP contribution >= 0.6 is 0 Å². The van der Waals surface area contributed by atoms with Crippen LogP contribution in [0, 0.1) is 0 Å². The number of pyridine rings is 1. The molecule has 1 amide bonds. The van der Waals surface area contributed by atoms with Crippen LogP contribution in [0.4, 0.5) is 5.69 Å². The molecule has 0 aliphatic carbocycles. The van der Waals surface area contributed by atoms with Crippen LogP contribution in [0.5, 0.6) is 11.5 Å². The minimum atomic E-state index is -1.14. The Hall–Kier alpha value is -3.93. The number of aromatic carboxylic acids is 1. The smallest absolute Gasteiger partial charge is 0.337 e. The molecule has 1 heterocycles. The van der Waals surface area contributed by atoms with Crippen LogP contribution in [-0.4, -0.2) is 22.0 Å². The maximum atomic E-state index is 12.2. The molecule has 1 aromatic heterocycles. The molecule has 0 bridgehead atoms. The third kappa shape index (κ3) is 5.02. The highest BCUT2D eigenvalue weighted by atomic mass is 16.5. The van der Waals surface area contributed by atoms with Gasteiger partial charge in [0.2, 0.25) is 5.91 Å². The maximum Gasteiger partial charge on any atom is 0.337 e. The molecule has 2 aromatic carbocycles. The number of hydrogen-bond donors (Lipinski definition) is 2. The van der Waals surface area contributed by atoms with Crippen molar-refractivity contribution in [1.29, 1.82) is 0 Å². The van der Waals surface area contributed by atoms with Crippen LogP contribution in [-0.2, 0) is 4.79 Å². The predicted molar refractivity (Wildman–Crippen MR) is 102 cm³/mol. The van der Waals surface area contributed by atoms with Gasteiger partial charge in [0.05, 0.1) is 11.3 Å². The number of para-hydroxylation sites is 1. The number of hydrogen-bond acceptors (Lipinski definition) is 4. The molecule has 3 aromatic rings. The van der Waals surface area contributed by atoms with E-state index >= 15 is 0 Å². The number of carboxylic acids is 1. The number of nitrogens with zero attached hydrogens (tertiary/aromatic N) is 1. The van der Waals surface area contributed by atoms with Gasteiger partial charge in [-0.1, -0.05) is 18.2 Å². The van der Waals surface area contributed by atoms with Gasteiger partial charge in [0.25, 0.3) is 0 Å². The predicted octanol–water partition coefficient (Wildman–Crippen LogP) is 4.22. The molecule has 0 fully saturated rings. The van der Waals surface area contributed by atoms with E-state index < -0.39 is 11.9 Å². The van der Waals surface area contributed by atoms with Crippen molar-refractivity contribution in [1.82, 2.24) is 4.98 Å². The fourth-order valence-electron chi connectivity index (χ4n) is 2.32. The average molecular weight is 360 g/mol. The number of rotatable bonds is 6. The number of carbonyl (C=O) groups is 2. The van der Waals surface area contributed by atoms with Gasteiger partial charge in [0.15, 0.2) is 0 Å². The van der Waals surface area contributed by atoms with E-state index in [9.17, 15) is 14.7 Å². The first-order valence-corrected chi connectivity index (χ1v) is 8.11. The normalized spacial score (nSPS) is 10.5. The molecule has 3 rings (SSSR count). The number of carbonyl (C=O) groups excluding carboxylic acids is 1. The molecule has 0 radical (unpaired) electrons. The van der Waals surface area contributed by atoms with E-state index in [0.29, 0.717) is 11.5 Å². The average Bonchev–Trinajstić information content (AvgIpc) is 2.68. The summed E-state index contributed by atoms with van der Waals surface area (Å²) in [5.74, 6) is -0.573. The standard InChI is InChI=1S/C21H16N2O4/c24-20(9-6-15-10-12-22-13-11-15)23-19-14-17(7-8-18(19)21(25)26)27-16-4-2-1-3-5-16/h1-14H,(H,23,24)(H,25,26).